The van der Waals surface area contributed by atoms with Crippen molar-refractivity contribution < 1.29 is 9.53 Å². The van der Waals surface area contributed by atoms with Gasteiger partial charge in [0.15, 0.2) is 0 Å². The van der Waals surface area contributed by atoms with Crippen molar-refractivity contribution in [2.75, 3.05) is 6.61 Å². The van der Waals surface area contributed by atoms with Gasteiger partial charge >= 0.3 is 0 Å². The number of carbonyl (C=O) groups excluding carboxylic acids is 1. The van der Waals surface area contributed by atoms with Crippen LogP contribution in [0.3, 0.4) is 0 Å². The molecule has 5 heteroatoms. The normalized spacial score (nSPS) is 23.8. The Morgan fingerprint density at radius 2 is 2.14 bits per heavy atom. The number of aryl methyl sites for hydroxylation is 2. The summed E-state index contributed by atoms with van der Waals surface area (Å²) in [5.74, 6) is 0.113. The third-order valence-corrected chi connectivity index (χ3v) is 5.28. The molecule has 2 aliphatic rings. The fourth-order valence-corrected chi connectivity index (χ4v) is 3.79. The van der Waals surface area contributed by atoms with Gasteiger partial charge in [0.05, 0.1) is 23.9 Å². The van der Waals surface area contributed by atoms with Crippen molar-refractivity contribution in [1.29, 1.82) is 0 Å². The molecule has 22 heavy (non-hydrogen) atoms. The number of amides is 1. The van der Waals surface area contributed by atoms with E-state index in [0.29, 0.717) is 19.4 Å². The molecule has 1 amide bonds. The number of hydrogen-bond acceptors (Lipinski definition) is 3. The first-order valence-corrected chi connectivity index (χ1v) is 8.52. The Bertz CT molecular complexity index is 532. The minimum Gasteiger partial charge on any atom is -0.373 e. The molecular formula is C17H27N3O2. The number of ether oxygens (including phenoxy) is 1. The molecule has 1 aromatic heterocycles. The van der Waals surface area contributed by atoms with Gasteiger partial charge < -0.3 is 10.1 Å². The smallest absolute Gasteiger partial charge is 0.220 e. The van der Waals surface area contributed by atoms with E-state index >= 15 is 0 Å². The second-order valence-electron chi connectivity index (χ2n) is 6.94. The lowest BCUT2D eigenvalue weighted by molar-refractivity contribution is -0.121. The van der Waals surface area contributed by atoms with Crippen molar-refractivity contribution in [3.63, 3.8) is 0 Å². The average Bonchev–Trinajstić information content (AvgIpc) is 3.03. The van der Waals surface area contributed by atoms with Crippen LogP contribution in [0.1, 0.15) is 61.9 Å². The van der Waals surface area contributed by atoms with E-state index in [1.807, 2.05) is 13.8 Å². The quantitative estimate of drug-likeness (QED) is 0.898. The summed E-state index contributed by atoms with van der Waals surface area (Å²) >= 11 is 0. The molecular weight excluding hydrogens is 278 g/mol. The van der Waals surface area contributed by atoms with Crippen molar-refractivity contribution >= 4 is 5.91 Å². The molecule has 1 aliphatic heterocycles. The Hall–Kier alpha value is -1.36. The first-order chi connectivity index (χ1) is 10.6. The van der Waals surface area contributed by atoms with Crippen molar-refractivity contribution in [2.24, 2.45) is 0 Å². The van der Waals surface area contributed by atoms with Crippen LogP contribution in [0.2, 0.25) is 0 Å². The van der Waals surface area contributed by atoms with Gasteiger partial charge in [-0.25, -0.2) is 0 Å². The highest BCUT2D eigenvalue weighted by Gasteiger charge is 2.41. The number of rotatable bonds is 4. The lowest BCUT2D eigenvalue weighted by Crippen LogP contribution is -2.37. The minimum atomic E-state index is 0.0616. The second-order valence-corrected chi connectivity index (χ2v) is 6.94. The van der Waals surface area contributed by atoms with E-state index in [0.717, 1.165) is 36.2 Å². The topological polar surface area (TPSA) is 67.0 Å². The molecule has 1 aliphatic carbocycles. The molecule has 2 heterocycles. The summed E-state index contributed by atoms with van der Waals surface area (Å²) in [5.41, 5.74) is 3.31. The van der Waals surface area contributed by atoms with Crippen LogP contribution in [-0.2, 0) is 16.0 Å². The van der Waals surface area contributed by atoms with E-state index in [9.17, 15) is 4.79 Å². The van der Waals surface area contributed by atoms with Crippen LogP contribution in [0.15, 0.2) is 0 Å². The first kappa shape index (κ1) is 15.5. The zero-order valence-electron chi connectivity index (χ0n) is 13.7. The van der Waals surface area contributed by atoms with Gasteiger partial charge in [0.2, 0.25) is 5.91 Å². The predicted molar refractivity (Wildman–Crippen MR) is 84.7 cm³/mol. The number of nitrogens with one attached hydrogen (secondary N) is 2. The molecule has 122 valence electrons. The average molecular weight is 305 g/mol. The summed E-state index contributed by atoms with van der Waals surface area (Å²) in [4.78, 5) is 12.2. The summed E-state index contributed by atoms with van der Waals surface area (Å²) < 4.78 is 6.05. The van der Waals surface area contributed by atoms with Gasteiger partial charge in [-0.3, -0.25) is 9.89 Å². The molecule has 5 nitrogen and oxygen atoms in total. The molecule has 1 spiro atoms. The molecule has 3 rings (SSSR count). The second kappa shape index (κ2) is 6.41. The van der Waals surface area contributed by atoms with Crippen molar-refractivity contribution in [3.8, 4) is 0 Å². The number of aromatic nitrogens is 2. The first-order valence-electron chi connectivity index (χ1n) is 8.52. The maximum Gasteiger partial charge on any atom is 0.220 e. The van der Waals surface area contributed by atoms with E-state index in [1.54, 1.807) is 0 Å². The van der Waals surface area contributed by atoms with Crippen LogP contribution in [0.4, 0.5) is 0 Å². The van der Waals surface area contributed by atoms with Crippen LogP contribution in [-0.4, -0.2) is 34.4 Å². The van der Waals surface area contributed by atoms with Crippen molar-refractivity contribution in [1.82, 2.24) is 15.5 Å². The third kappa shape index (κ3) is 3.35. The summed E-state index contributed by atoms with van der Waals surface area (Å²) in [6, 6.07) is 0.188. The minimum absolute atomic E-state index is 0.0616. The summed E-state index contributed by atoms with van der Waals surface area (Å²) in [7, 11) is 0. The largest absolute Gasteiger partial charge is 0.373 e. The van der Waals surface area contributed by atoms with Gasteiger partial charge in [0.25, 0.3) is 0 Å². The van der Waals surface area contributed by atoms with E-state index in [-0.39, 0.29) is 17.6 Å². The summed E-state index contributed by atoms with van der Waals surface area (Å²) in [5, 5.41) is 10.4. The van der Waals surface area contributed by atoms with Crippen LogP contribution in [0, 0.1) is 13.8 Å². The van der Waals surface area contributed by atoms with Crippen molar-refractivity contribution in [2.45, 2.75) is 76.9 Å². The Kier molecular flexibility index (Phi) is 4.52. The Morgan fingerprint density at radius 1 is 1.36 bits per heavy atom. The van der Waals surface area contributed by atoms with Crippen molar-refractivity contribution in [3.05, 3.63) is 17.0 Å². The number of nitrogens with zero attached hydrogens (tertiary/aromatic N) is 1. The number of hydrogen-bond donors (Lipinski definition) is 2. The van der Waals surface area contributed by atoms with Gasteiger partial charge in [-0.15, -0.1) is 0 Å². The fourth-order valence-electron chi connectivity index (χ4n) is 3.79. The SMILES string of the molecule is Cc1[nH]nc(CCC(=O)N[C@@H]2COC3(CCCCC3)C2)c1C. The van der Waals surface area contributed by atoms with Gasteiger partial charge in [-0.1, -0.05) is 19.3 Å². The van der Waals surface area contributed by atoms with Gasteiger partial charge in [0, 0.05) is 18.5 Å². The number of aromatic amines is 1. The molecule has 1 saturated heterocycles. The number of H-pyrrole nitrogens is 1. The zero-order valence-corrected chi connectivity index (χ0v) is 13.7. The van der Waals surface area contributed by atoms with Gasteiger partial charge in [-0.2, -0.15) is 5.10 Å². The molecule has 2 fully saturated rings. The highest BCUT2D eigenvalue weighted by atomic mass is 16.5. The standard InChI is InChI=1S/C17H27N3O2/c1-12-13(2)19-20-15(12)6-7-16(21)18-14-10-17(22-11-14)8-4-3-5-9-17/h14H,3-11H2,1-2H3,(H,18,21)(H,19,20)/t14-/m0/s1. The molecule has 2 N–H and O–H groups in total. The Labute approximate surface area is 132 Å². The lowest BCUT2D eigenvalue weighted by Gasteiger charge is -2.32. The zero-order chi connectivity index (χ0) is 15.6. The monoisotopic (exact) mass is 305 g/mol. The molecule has 0 bridgehead atoms. The molecule has 0 radical (unpaired) electrons. The Balaban J connectivity index is 1.45. The molecule has 1 aromatic rings. The highest BCUT2D eigenvalue weighted by molar-refractivity contribution is 5.76. The van der Waals surface area contributed by atoms with E-state index in [4.69, 9.17) is 4.74 Å². The molecule has 1 saturated carbocycles. The third-order valence-electron chi connectivity index (χ3n) is 5.28. The molecule has 1 atom stereocenters. The maximum atomic E-state index is 12.2. The maximum absolute atomic E-state index is 12.2. The van der Waals surface area contributed by atoms with Crippen LogP contribution >= 0.6 is 0 Å². The summed E-state index contributed by atoms with van der Waals surface area (Å²) in [6.45, 7) is 4.72. The lowest BCUT2D eigenvalue weighted by atomic mass is 9.82. The van der Waals surface area contributed by atoms with Gasteiger partial charge in [0.1, 0.15) is 0 Å². The Morgan fingerprint density at radius 3 is 2.82 bits per heavy atom. The van der Waals surface area contributed by atoms with E-state index in [1.165, 1.54) is 19.3 Å². The van der Waals surface area contributed by atoms with E-state index < -0.39 is 0 Å². The molecule has 0 aromatic carbocycles. The van der Waals surface area contributed by atoms with Gasteiger partial charge in [-0.05, 0) is 38.7 Å². The van der Waals surface area contributed by atoms with Crippen LogP contribution in [0.25, 0.3) is 0 Å². The van der Waals surface area contributed by atoms with Crippen LogP contribution in [0.5, 0.6) is 0 Å². The summed E-state index contributed by atoms with van der Waals surface area (Å²) in [6.07, 6.45) is 8.34. The van der Waals surface area contributed by atoms with E-state index in [2.05, 4.69) is 15.5 Å². The van der Waals surface area contributed by atoms with Crippen LogP contribution < -0.4 is 5.32 Å². The number of carbonyl (C=O) groups is 1. The highest BCUT2D eigenvalue weighted by Crippen LogP contribution is 2.39. The fraction of sp³-hybridized carbons (Fsp3) is 0.765. The molecule has 0 unspecified atom stereocenters. The predicted octanol–water partition coefficient (Wildman–Crippen LogP) is 2.57.